The van der Waals surface area contributed by atoms with Crippen LogP contribution >= 0.6 is 0 Å². The summed E-state index contributed by atoms with van der Waals surface area (Å²) >= 11 is 0. The number of halogens is 1. The van der Waals surface area contributed by atoms with Crippen LogP contribution in [0.5, 0.6) is 11.6 Å². The molecule has 0 aliphatic carbocycles. The highest BCUT2D eigenvalue weighted by Crippen LogP contribution is 2.28. The monoisotopic (exact) mass is 318 g/mol. The highest BCUT2D eigenvalue weighted by atomic mass is 32.2. The number of ether oxygens (including phenoxy) is 1. The third-order valence-corrected chi connectivity index (χ3v) is 4.17. The Labute approximate surface area is 126 Å². The van der Waals surface area contributed by atoms with Crippen molar-refractivity contribution in [2.24, 2.45) is 0 Å². The fourth-order valence-electron chi connectivity index (χ4n) is 1.98. The molecule has 7 heteroatoms. The number of fused-ring (bicyclic) bond motifs is 1. The van der Waals surface area contributed by atoms with Gasteiger partial charge in [-0.1, -0.05) is 6.07 Å². The molecular weight excluding hydrogens is 307 g/mol. The molecule has 0 amide bonds. The molecule has 0 N–H and O–H groups in total. The maximum atomic E-state index is 13.7. The Kier molecular flexibility index (Phi) is 3.50. The predicted octanol–water partition coefficient (Wildman–Crippen LogP) is 2.96. The smallest absolute Gasteiger partial charge is 0.230 e. The molecule has 5 nitrogen and oxygen atoms in total. The summed E-state index contributed by atoms with van der Waals surface area (Å²) in [5, 5.41) is 0.440. The zero-order valence-corrected chi connectivity index (χ0v) is 12.3. The van der Waals surface area contributed by atoms with Crippen LogP contribution < -0.4 is 4.74 Å². The van der Waals surface area contributed by atoms with E-state index in [0.717, 1.165) is 6.26 Å². The molecule has 0 aliphatic heterocycles. The lowest BCUT2D eigenvalue weighted by atomic mass is 10.2. The van der Waals surface area contributed by atoms with Gasteiger partial charge < -0.3 is 4.74 Å². The van der Waals surface area contributed by atoms with Crippen LogP contribution in [-0.4, -0.2) is 24.6 Å². The first-order valence-corrected chi connectivity index (χ1v) is 8.21. The minimum Gasteiger partial charge on any atom is -0.438 e. The second-order valence-corrected chi connectivity index (χ2v) is 6.68. The largest absolute Gasteiger partial charge is 0.438 e. The number of hydrogen-bond donors (Lipinski definition) is 0. The molecule has 112 valence electrons. The van der Waals surface area contributed by atoms with Crippen LogP contribution in [0.15, 0.2) is 53.7 Å². The minimum atomic E-state index is -3.26. The van der Waals surface area contributed by atoms with Gasteiger partial charge in [-0.15, -0.1) is 0 Å². The van der Waals surface area contributed by atoms with Gasteiger partial charge in [0.2, 0.25) is 5.88 Å². The van der Waals surface area contributed by atoms with Gasteiger partial charge in [0.25, 0.3) is 0 Å². The second-order valence-electron chi connectivity index (χ2n) is 4.66. The van der Waals surface area contributed by atoms with Gasteiger partial charge in [-0.3, -0.25) is 0 Å². The molecular formula is C15H11FN2O3S. The van der Waals surface area contributed by atoms with Gasteiger partial charge >= 0.3 is 0 Å². The van der Waals surface area contributed by atoms with Crippen molar-refractivity contribution in [2.45, 2.75) is 4.90 Å². The summed E-state index contributed by atoms with van der Waals surface area (Å²) in [5.41, 5.74) is 0.167. The van der Waals surface area contributed by atoms with Crippen LogP contribution in [0.4, 0.5) is 4.39 Å². The third-order valence-electron chi connectivity index (χ3n) is 3.05. The van der Waals surface area contributed by atoms with E-state index in [-0.39, 0.29) is 16.3 Å². The number of benzene rings is 2. The van der Waals surface area contributed by atoms with Crippen molar-refractivity contribution >= 4 is 20.7 Å². The van der Waals surface area contributed by atoms with Crippen molar-refractivity contribution in [3.63, 3.8) is 0 Å². The lowest BCUT2D eigenvalue weighted by Gasteiger charge is -2.08. The number of para-hydroxylation sites is 1. The SMILES string of the molecule is CS(=O)(=O)c1ccc(Oc2ncnc3c(F)cccc23)cc1. The van der Waals surface area contributed by atoms with E-state index < -0.39 is 15.7 Å². The standard InChI is InChI=1S/C15H11FN2O3S/c1-22(19,20)11-7-5-10(6-8-11)21-15-12-3-2-4-13(16)14(12)17-9-18-15/h2-9H,1H3. The van der Waals surface area contributed by atoms with Crippen LogP contribution in [0, 0.1) is 5.82 Å². The van der Waals surface area contributed by atoms with E-state index in [1.54, 1.807) is 12.1 Å². The highest BCUT2D eigenvalue weighted by molar-refractivity contribution is 7.90. The van der Waals surface area contributed by atoms with E-state index in [1.807, 2.05) is 0 Å². The molecule has 0 bridgehead atoms. The van der Waals surface area contributed by atoms with Crippen molar-refractivity contribution in [3.05, 3.63) is 54.6 Å². The second kappa shape index (κ2) is 5.34. The molecule has 2 aromatic carbocycles. The van der Waals surface area contributed by atoms with E-state index >= 15 is 0 Å². The van der Waals surface area contributed by atoms with Crippen molar-refractivity contribution in [3.8, 4) is 11.6 Å². The highest BCUT2D eigenvalue weighted by Gasteiger charge is 2.10. The fourth-order valence-corrected chi connectivity index (χ4v) is 2.61. The van der Waals surface area contributed by atoms with Crippen LogP contribution in [-0.2, 0) is 9.84 Å². The van der Waals surface area contributed by atoms with Crippen molar-refractivity contribution in [2.75, 3.05) is 6.26 Å². The number of aromatic nitrogens is 2. The molecule has 0 saturated heterocycles. The predicted molar refractivity (Wildman–Crippen MR) is 79.1 cm³/mol. The van der Waals surface area contributed by atoms with E-state index in [1.165, 1.54) is 36.7 Å². The molecule has 1 aromatic heterocycles. The lowest BCUT2D eigenvalue weighted by Crippen LogP contribution is -1.97. The topological polar surface area (TPSA) is 69.2 Å². The zero-order valence-electron chi connectivity index (χ0n) is 11.5. The summed E-state index contributed by atoms with van der Waals surface area (Å²) < 4.78 is 42.1. The zero-order chi connectivity index (χ0) is 15.7. The Hall–Kier alpha value is -2.54. The average molecular weight is 318 g/mol. The molecule has 0 radical (unpaired) electrons. The summed E-state index contributed by atoms with van der Waals surface area (Å²) in [7, 11) is -3.26. The average Bonchev–Trinajstić information content (AvgIpc) is 2.48. The first kappa shape index (κ1) is 14.4. The number of hydrogen-bond acceptors (Lipinski definition) is 5. The van der Waals surface area contributed by atoms with E-state index in [4.69, 9.17) is 4.74 Å². The van der Waals surface area contributed by atoms with Gasteiger partial charge in [-0.05, 0) is 36.4 Å². The van der Waals surface area contributed by atoms with Crippen LogP contribution in [0.1, 0.15) is 0 Å². The number of rotatable bonds is 3. The maximum absolute atomic E-state index is 13.7. The normalized spacial score (nSPS) is 11.5. The van der Waals surface area contributed by atoms with Gasteiger partial charge in [0, 0.05) is 6.26 Å². The molecule has 0 aliphatic rings. The molecule has 3 aromatic rings. The molecule has 0 fully saturated rings. The van der Waals surface area contributed by atoms with Crippen LogP contribution in [0.25, 0.3) is 10.9 Å². The molecule has 0 saturated carbocycles. The summed E-state index contributed by atoms with van der Waals surface area (Å²) in [5.74, 6) is 0.144. The Morgan fingerprint density at radius 2 is 1.77 bits per heavy atom. The van der Waals surface area contributed by atoms with Gasteiger partial charge in [0.15, 0.2) is 9.84 Å². The van der Waals surface area contributed by atoms with Gasteiger partial charge in [-0.25, -0.2) is 22.8 Å². The quantitative estimate of drug-likeness (QED) is 0.742. The minimum absolute atomic E-state index is 0.167. The Balaban J connectivity index is 1.99. The van der Waals surface area contributed by atoms with Crippen molar-refractivity contribution in [1.29, 1.82) is 0 Å². The number of sulfone groups is 1. The Morgan fingerprint density at radius 1 is 1.05 bits per heavy atom. The van der Waals surface area contributed by atoms with E-state index in [9.17, 15) is 12.8 Å². The molecule has 0 spiro atoms. The first-order valence-electron chi connectivity index (χ1n) is 6.32. The van der Waals surface area contributed by atoms with E-state index in [0.29, 0.717) is 11.1 Å². The molecule has 22 heavy (non-hydrogen) atoms. The summed E-state index contributed by atoms with van der Waals surface area (Å²) in [6.45, 7) is 0. The Bertz CT molecular complexity index is 941. The van der Waals surface area contributed by atoms with Crippen LogP contribution in [0.3, 0.4) is 0 Å². The van der Waals surface area contributed by atoms with E-state index in [2.05, 4.69) is 9.97 Å². The van der Waals surface area contributed by atoms with Gasteiger partial charge in [0.05, 0.1) is 10.3 Å². The molecule has 0 atom stereocenters. The summed E-state index contributed by atoms with van der Waals surface area (Å²) in [4.78, 5) is 8.07. The molecule has 0 unspecified atom stereocenters. The lowest BCUT2D eigenvalue weighted by molar-refractivity contribution is 0.467. The maximum Gasteiger partial charge on any atom is 0.230 e. The van der Waals surface area contributed by atoms with Gasteiger partial charge in [-0.2, -0.15) is 0 Å². The van der Waals surface area contributed by atoms with Crippen molar-refractivity contribution in [1.82, 2.24) is 9.97 Å². The Morgan fingerprint density at radius 3 is 2.45 bits per heavy atom. The summed E-state index contributed by atoms with van der Waals surface area (Å²) in [6, 6.07) is 10.4. The summed E-state index contributed by atoms with van der Waals surface area (Å²) in [6.07, 6.45) is 2.34. The third kappa shape index (κ3) is 2.75. The van der Waals surface area contributed by atoms with Crippen molar-refractivity contribution < 1.29 is 17.5 Å². The number of nitrogens with zero attached hydrogens (tertiary/aromatic N) is 2. The van der Waals surface area contributed by atoms with Gasteiger partial charge in [0.1, 0.15) is 23.4 Å². The fraction of sp³-hybridized carbons (Fsp3) is 0.0667. The molecule has 1 heterocycles. The molecule has 3 rings (SSSR count). The first-order chi connectivity index (χ1) is 10.4. The van der Waals surface area contributed by atoms with Crippen LogP contribution in [0.2, 0.25) is 0 Å².